The van der Waals surface area contributed by atoms with Crippen LogP contribution in [0.2, 0.25) is 0 Å². The van der Waals surface area contributed by atoms with E-state index in [9.17, 15) is 4.79 Å². The highest BCUT2D eigenvalue weighted by atomic mass is 79.9. The number of fused-ring (bicyclic) bond motifs is 1. The first-order valence-corrected chi connectivity index (χ1v) is 7.67. The van der Waals surface area contributed by atoms with Gasteiger partial charge in [0.1, 0.15) is 0 Å². The summed E-state index contributed by atoms with van der Waals surface area (Å²) in [7, 11) is 0. The predicted octanol–water partition coefficient (Wildman–Crippen LogP) is 3.10. The second-order valence-electron chi connectivity index (χ2n) is 5.17. The van der Waals surface area contributed by atoms with Gasteiger partial charge in [0.05, 0.1) is 5.41 Å². The lowest BCUT2D eigenvalue weighted by Gasteiger charge is -2.33. The van der Waals surface area contributed by atoms with Crippen LogP contribution >= 0.6 is 15.9 Å². The molecule has 1 heterocycles. The molecule has 1 aromatic rings. The third-order valence-electron chi connectivity index (χ3n) is 4.39. The summed E-state index contributed by atoms with van der Waals surface area (Å²) >= 11 is 3.48. The lowest BCUT2D eigenvalue weighted by molar-refractivity contribution is -0.128. The van der Waals surface area contributed by atoms with Gasteiger partial charge in [0.2, 0.25) is 5.91 Å². The maximum Gasteiger partial charge on any atom is 0.234 e. The van der Waals surface area contributed by atoms with Gasteiger partial charge in [-0.25, -0.2) is 0 Å². The molecule has 4 heteroatoms. The average Bonchev–Trinajstić information content (AvgIpc) is 2.84. The molecule has 0 unspecified atom stereocenters. The Balaban J connectivity index is 2.35. The molecule has 0 saturated heterocycles. The standard InChI is InChI=1S/C15H21BrN2O/c1-3-15(4-2,10-17)14(19)18-8-7-11-5-6-12(16)9-13(11)18/h5-6,9H,3-4,7-8,10,17H2,1-2H3. The van der Waals surface area contributed by atoms with E-state index in [1.807, 2.05) is 30.9 Å². The molecule has 1 aliphatic heterocycles. The van der Waals surface area contributed by atoms with Crippen LogP contribution in [0, 0.1) is 5.41 Å². The highest BCUT2D eigenvalue weighted by Crippen LogP contribution is 2.36. The van der Waals surface area contributed by atoms with Gasteiger partial charge in [0.25, 0.3) is 0 Å². The van der Waals surface area contributed by atoms with Crippen LogP contribution < -0.4 is 10.6 Å². The summed E-state index contributed by atoms with van der Waals surface area (Å²) in [5.74, 6) is 0.178. The minimum atomic E-state index is -0.413. The van der Waals surface area contributed by atoms with E-state index in [0.717, 1.165) is 36.0 Å². The molecule has 1 aromatic carbocycles. The summed E-state index contributed by atoms with van der Waals surface area (Å²) in [4.78, 5) is 14.8. The maximum absolute atomic E-state index is 12.9. The minimum Gasteiger partial charge on any atom is -0.329 e. The Morgan fingerprint density at radius 3 is 2.68 bits per heavy atom. The van der Waals surface area contributed by atoms with Gasteiger partial charge in [0.15, 0.2) is 0 Å². The van der Waals surface area contributed by atoms with E-state index in [-0.39, 0.29) is 5.91 Å². The van der Waals surface area contributed by atoms with Crippen molar-refractivity contribution in [1.82, 2.24) is 0 Å². The van der Waals surface area contributed by atoms with E-state index in [1.54, 1.807) is 0 Å². The summed E-state index contributed by atoms with van der Waals surface area (Å²) in [6, 6.07) is 6.16. The quantitative estimate of drug-likeness (QED) is 0.925. The minimum absolute atomic E-state index is 0.178. The molecular formula is C15H21BrN2O. The Bertz CT molecular complexity index is 475. The molecule has 3 nitrogen and oxygen atoms in total. The van der Waals surface area contributed by atoms with Crippen LogP contribution in [0.1, 0.15) is 32.3 Å². The fourth-order valence-electron chi connectivity index (χ4n) is 2.78. The summed E-state index contributed by atoms with van der Waals surface area (Å²) in [5.41, 5.74) is 7.76. The van der Waals surface area contributed by atoms with Gasteiger partial charge >= 0.3 is 0 Å². The van der Waals surface area contributed by atoms with E-state index in [2.05, 4.69) is 22.0 Å². The Kier molecular flexibility index (Phi) is 4.31. The molecular weight excluding hydrogens is 304 g/mol. The van der Waals surface area contributed by atoms with Crippen molar-refractivity contribution in [2.75, 3.05) is 18.0 Å². The summed E-state index contributed by atoms with van der Waals surface area (Å²) in [5, 5.41) is 0. The molecule has 104 valence electrons. The molecule has 0 aromatic heterocycles. The van der Waals surface area contributed by atoms with Crippen LogP contribution in [0.4, 0.5) is 5.69 Å². The highest BCUT2D eigenvalue weighted by molar-refractivity contribution is 9.10. The molecule has 0 saturated carbocycles. The Hall–Kier alpha value is -0.870. The van der Waals surface area contributed by atoms with Gasteiger partial charge in [-0.05, 0) is 37.0 Å². The van der Waals surface area contributed by atoms with Crippen LogP contribution in [0.3, 0.4) is 0 Å². The van der Waals surface area contributed by atoms with Crippen molar-refractivity contribution in [3.63, 3.8) is 0 Å². The first kappa shape index (κ1) is 14.5. The molecule has 19 heavy (non-hydrogen) atoms. The predicted molar refractivity (Wildman–Crippen MR) is 82.3 cm³/mol. The third-order valence-corrected chi connectivity index (χ3v) is 4.88. The number of carbonyl (C=O) groups excluding carboxylic acids is 1. The van der Waals surface area contributed by atoms with Gasteiger partial charge in [-0.1, -0.05) is 35.8 Å². The highest BCUT2D eigenvalue weighted by Gasteiger charge is 2.39. The topological polar surface area (TPSA) is 46.3 Å². The van der Waals surface area contributed by atoms with E-state index >= 15 is 0 Å². The summed E-state index contributed by atoms with van der Waals surface area (Å²) in [6.45, 7) is 5.28. The van der Waals surface area contributed by atoms with Gasteiger partial charge in [-0.2, -0.15) is 0 Å². The van der Waals surface area contributed by atoms with Crippen molar-refractivity contribution in [2.45, 2.75) is 33.1 Å². The Morgan fingerprint density at radius 2 is 2.11 bits per heavy atom. The van der Waals surface area contributed by atoms with Crippen LogP contribution in [-0.2, 0) is 11.2 Å². The Labute approximate surface area is 123 Å². The van der Waals surface area contributed by atoms with Crippen molar-refractivity contribution in [1.29, 1.82) is 0 Å². The number of hydrogen-bond donors (Lipinski definition) is 1. The molecule has 0 fully saturated rings. The van der Waals surface area contributed by atoms with Crippen LogP contribution in [-0.4, -0.2) is 19.0 Å². The Morgan fingerprint density at radius 1 is 1.42 bits per heavy atom. The van der Waals surface area contributed by atoms with Crippen molar-refractivity contribution >= 4 is 27.5 Å². The fourth-order valence-corrected chi connectivity index (χ4v) is 3.13. The maximum atomic E-state index is 12.9. The second-order valence-corrected chi connectivity index (χ2v) is 6.09. The van der Waals surface area contributed by atoms with E-state index in [0.29, 0.717) is 6.54 Å². The van der Waals surface area contributed by atoms with Gasteiger partial charge < -0.3 is 10.6 Å². The lowest BCUT2D eigenvalue weighted by Crippen LogP contribution is -2.47. The van der Waals surface area contributed by atoms with Gasteiger partial charge in [-0.15, -0.1) is 0 Å². The molecule has 1 amide bonds. The summed E-state index contributed by atoms with van der Waals surface area (Å²) < 4.78 is 1.01. The number of nitrogens with two attached hydrogens (primary N) is 1. The number of nitrogens with zero attached hydrogens (tertiary/aromatic N) is 1. The number of halogens is 1. The van der Waals surface area contributed by atoms with Gasteiger partial charge in [0, 0.05) is 23.2 Å². The van der Waals surface area contributed by atoms with Crippen LogP contribution in [0.5, 0.6) is 0 Å². The first-order chi connectivity index (χ1) is 9.07. The fraction of sp³-hybridized carbons (Fsp3) is 0.533. The molecule has 0 spiro atoms. The van der Waals surface area contributed by atoms with Crippen molar-refractivity contribution < 1.29 is 4.79 Å². The number of carbonyl (C=O) groups is 1. The molecule has 0 radical (unpaired) electrons. The van der Waals surface area contributed by atoms with Crippen molar-refractivity contribution in [2.24, 2.45) is 11.1 Å². The van der Waals surface area contributed by atoms with Crippen molar-refractivity contribution in [3.8, 4) is 0 Å². The smallest absolute Gasteiger partial charge is 0.234 e. The molecule has 2 N–H and O–H groups in total. The van der Waals surface area contributed by atoms with E-state index in [4.69, 9.17) is 5.73 Å². The zero-order valence-corrected chi connectivity index (χ0v) is 13.2. The normalized spacial score (nSPS) is 14.6. The van der Waals surface area contributed by atoms with E-state index < -0.39 is 5.41 Å². The largest absolute Gasteiger partial charge is 0.329 e. The number of benzene rings is 1. The second kappa shape index (κ2) is 5.63. The average molecular weight is 325 g/mol. The number of hydrogen-bond acceptors (Lipinski definition) is 2. The summed E-state index contributed by atoms with van der Waals surface area (Å²) in [6.07, 6.45) is 2.51. The lowest BCUT2D eigenvalue weighted by atomic mass is 9.81. The molecule has 0 bridgehead atoms. The SMILES string of the molecule is CCC(CC)(CN)C(=O)N1CCc2ccc(Br)cc21. The van der Waals surface area contributed by atoms with Crippen LogP contribution in [0.25, 0.3) is 0 Å². The van der Waals surface area contributed by atoms with Crippen LogP contribution in [0.15, 0.2) is 22.7 Å². The molecule has 0 atom stereocenters. The number of amides is 1. The molecule has 0 aliphatic carbocycles. The zero-order valence-electron chi connectivity index (χ0n) is 11.6. The number of rotatable bonds is 4. The van der Waals surface area contributed by atoms with Gasteiger partial charge in [-0.3, -0.25) is 4.79 Å². The van der Waals surface area contributed by atoms with Crippen molar-refractivity contribution in [3.05, 3.63) is 28.2 Å². The first-order valence-electron chi connectivity index (χ1n) is 6.88. The number of anilines is 1. The third kappa shape index (κ3) is 2.43. The zero-order chi connectivity index (χ0) is 14.0. The van der Waals surface area contributed by atoms with E-state index in [1.165, 1.54) is 5.56 Å². The monoisotopic (exact) mass is 324 g/mol. The molecule has 1 aliphatic rings. The molecule has 2 rings (SSSR count).